The van der Waals surface area contributed by atoms with E-state index in [0.29, 0.717) is 17.9 Å². The predicted molar refractivity (Wildman–Crippen MR) is 108 cm³/mol. The van der Waals surface area contributed by atoms with Crippen molar-refractivity contribution in [1.29, 1.82) is 0 Å². The van der Waals surface area contributed by atoms with Crippen molar-refractivity contribution >= 4 is 0 Å². The molecule has 4 heteroatoms. The quantitative estimate of drug-likeness (QED) is 0.808. The van der Waals surface area contributed by atoms with E-state index in [1.54, 1.807) is 7.11 Å². The number of fused-ring (bicyclic) bond motifs is 1. The molecule has 0 aliphatic heterocycles. The van der Waals surface area contributed by atoms with E-state index in [1.807, 2.05) is 12.4 Å². The highest BCUT2D eigenvalue weighted by atomic mass is 16.5. The van der Waals surface area contributed by atoms with Crippen molar-refractivity contribution in [3.05, 3.63) is 53.6 Å². The summed E-state index contributed by atoms with van der Waals surface area (Å²) in [6, 6.07) is 9.25. The molecule has 4 nitrogen and oxygen atoms in total. The molecule has 2 fully saturated rings. The van der Waals surface area contributed by atoms with Crippen LogP contribution in [0.2, 0.25) is 0 Å². The Morgan fingerprint density at radius 1 is 1.04 bits per heavy atom. The van der Waals surface area contributed by atoms with Crippen LogP contribution in [0, 0.1) is 11.8 Å². The summed E-state index contributed by atoms with van der Waals surface area (Å²) in [5.74, 6) is 4.47. The molecule has 0 amide bonds. The molecule has 0 bridgehead atoms. The van der Waals surface area contributed by atoms with Crippen molar-refractivity contribution < 1.29 is 4.74 Å². The number of ether oxygens (including phenoxy) is 1. The van der Waals surface area contributed by atoms with Crippen LogP contribution in [0.4, 0.5) is 0 Å². The fourth-order valence-electron chi connectivity index (χ4n) is 5.02. The molecule has 1 aromatic heterocycles. The Bertz CT molecular complexity index is 741. The molecular formula is C23H31N3O. The molecule has 2 aliphatic rings. The van der Waals surface area contributed by atoms with Crippen molar-refractivity contribution in [2.24, 2.45) is 11.8 Å². The number of nitrogens with one attached hydrogen (secondary N) is 1. The third-order valence-corrected chi connectivity index (χ3v) is 6.47. The lowest BCUT2D eigenvalue weighted by Gasteiger charge is -2.55. The van der Waals surface area contributed by atoms with Gasteiger partial charge in [-0.2, -0.15) is 0 Å². The highest BCUT2D eigenvalue weighted by Gasteiger charge is 2.50. The molecule has 2 aliphatic carbocycles. The van der Waals surface area contributed by atoms with Gasteiger partial charge in [0.2, 0.25) is 0 Å². The second-order valence-electron chi connectivity index (χ2n) is 8.42. The molecule has 27 heavy (non-hydrogen) atoms. The summed E-state index contributed by atoms with van der Waals surface area (Å²) >= 11 is 0. The van der Waals surface area contributed by atoms with Gasteiger partial charge >= 0.3 is 0 Å². The third-order valence-electron chi connectivity index (χ3n) is 6.47. The van der Waals surface area contributed by atoms with Crippen molar-refractivity contribution in [3.63, 3.8) is 0 Å². The Balaban J connectivity index is 1.46. The average Bonchev–Trinajstić information content (AvgIpc) is 2.70. The summed E-state index contributed by atoms with van der Waals surface area (Å²) in [7, 11) is 1.73. The van der Waals surface area contributed by atoms with Gasteiger partial charge in [-0.1, -0.05) is 38.8 Å². The molecule has 0 spiro atoms. The molecule has 1 aromatic carbocycles. The zero-order valence-corrected chi connectivity index (χ0v) is 16.7. The van der Waals surface area contributed by atoms with Crippen molar-refractivity contribution in [1.82, 2.24) is 15.3 Å². The Labute approximate surface area is 162 Å². The lowest BCUT2D eigenvalue weighted by Crippen LogP contribution is -2.57. The molecule has 2 saturated carbocycles. The van der Waals surface area contributed by atoms with E-state index in [9.17, 15) is 0 Å². The van der Waals surface area contributed by atoms with E-state index in [1.165, 1.54) is 36.8 Å². The normalized spacial score (nSPS) is 27.1. The van der Waals surface area contributed by atoms with Crippen LogP contribution in [-0.4, -0.2) is 23.1 Å². The maximum atomic E-state index is 5.34. The van der Waals surface area contributed by atoms with Gasteiger partial charge in [-0.05, 0) is 42.4 Å². The van der Waals surface area contributed by atoms with Crippen LogP contribution < -0.4 is 10.1 Å². The Morgan fingerprint density at radius 2 is 1.70 bits per heavy atom. The first-order chi connectivity index (χ1) is 13.2. The van der Waals surface area contributed by atoms with Gasteiger partial charge in [-0.15, -0.1) is 0 Å². The van der Waals surface area contributed by atoms with Gasteiger partial charge in [0.15, 0.2) is 0 Å². The van der Waals surface area contributed by atoms with Gasteiger partial charge in [0.1, 0.15) is 11.6 Å². The first-order valence-corrected chi connectivity index (χ1v) is 10.4. The van der Waals surface area contributed by atoms with Crippen LogP contribution in [0.25, 0.3) is 0 Å². The SMILES string of the molecule is COc1ccc([C@H]2[C@@H]3CCCC[C@@H]3[C@@H]2NCc2cnc(C(C)C)nc2)cc1. The zero-order valence-electron chi connectivity index (χ0n) is 16.7. The van der Waals surface area contributed by atoms with E-state index in [-0.39, 0.29) is 0 Å². The number of methoxy groups -OCH3 is 1. The molecule has 4 rings (SSSR count). The maximum Gasteiger partial charge on any atom is 0.130 e. The lowest BCUT2D eigenvalue weighted by molar-refractivity contribution is 0.0253. The maximum absolute atomic E-state index is 5.34. The summed E-state index contributed by atoms with van der Waals surface area (Å²) in [6.45, 7) is 5.10. The topological polar surface area (TPSA) is 47.0 Å². The Morgan fingerprint density at radius 3 is 2.33 bits per heavy atom. The minimum Gasteiger partial charge on any atom is -0.497 e. The van der Waals surface area contributed by atoms with Crippen molar-refractivity contribution in [3.8, 4) is 5.75 Å². The van der Waals surface area contributed by atoms with Crippen LogP contribution in [0.5, 0.6) is 5.75 Å². The standard InChI is InChI=1S/C23H31N3O/c1-15(2)23-25-13-16(14-26-23)12-24-22-20-7-5-4-6-19(20)21(22)17-8-10-18(27-3)11-9-17/h8-11,13-15,19-22,24H,4-7,12H2,1-3H3/t19-,20+,21+,22+/m1/s1. The van der Waals surface area contributed by atoms with E-state index in [2.05, 4.69) is 53.4 Å². The summed E-state index contributed by atoms with van der Waals surface area (Å²) in [5, 5.41) is 3.85. The molecule has 1 N–H and O–H groups in total. The van der Waals surface area contributed by atoms with Gasteiger partial charge < -0.3 is 10.1 Å². The van der Waals surface area contributed by atoms with Crippen LogP contribution in [0.15, 0.2) is 36.7 Å². The van der Waals surface area contributed by atoms with E-state index in [4.69, 9.17) is 4.74 Å². The van der Waals surface area contributed by atoms with E-state index < -0.39 is 0 Å². The van der Waals surface area contributed by atoms with Gasteiger partial charge in [0.25, 0.3) is 0 Å². The molecule has 0 saturated heterocycles. The summed E-state index contributed by atoms with van der Waals surface area (Å²) in [5.41, 5.74) is 2.62. The zero-order chi connectivity index (χ0) is 18.8. The summed E-state index contributed by atoms with van der Waals surface area (Å²) in [4.78, 5) is 9.03. The fourth-order valence-corrected chi connectivity index (χ4v) is 5.02. The average molecular weight is 366 g/mol. The second kappa shape index (κ2) is 7.97. The molecular weight excluding hydrogens is 334 g/mol. The Hall–Kier alpha value is -1.94. The van der Waals surface area contributed by atoms with Crippen LogP contribution in [0.3, 0.4) is 0 Å². The van der Waals surface area contributed by atoms with Gasteiger partial charge in [0, 0.05) is 42.4 Å². The predicted octanol–water partition coefficient (Wildman–Crippen LogP) is 4.67. The lowest BCUT2D eigenvalue weighted by atomic mass is 9.53. The smallest absolute Gasteiger partial charge is 0.130 e. The molecule has 4 atom stereocenters. The van der Waals surface area contributed by atoms with Gasteiger partial charge in [-0.25, -0.2) is 9.97 Å². The Kier molecular flexibility index (Phi) is 5.44. The third kappa shape index (κ3) is 3.73. The second-order valence-corrected chi connectivity index (χ2v) is 8.42. The fraction of sp³-hybridized carbons (Fsp3) is 0.565. The highest BCUT2D eigenvalue weighted by Crippen LogP contribution is 2.54. The summed E-state index contributed by atoms with van der Waals surface area (Å²) < 4.78 is 5.34. The molecule has 144 valence electrons. The minimum absolute atomic E-state index is 0.376. The number of hydrogen-bond acceptors (Lipinski definition) is 4. The minimum atomic E-state index is 0.376. The number of benzene rings is 1. The first kappa shape index (κ1) is 18.4. The van der Waals surface area contributed by atoms with Gasteiger partial charge in [-0.3, -0.25) is 0 Å². The van der Waals surface area contributed by atoms with Crippen molar-refractivity contribution in [2.75, 3.05) is 7.11 Å². The number of aromatic nitrogens is 2. The molecule has 0 radical (unpaired) electrons. The largest absolute Gasteiger partial charge is 0.497 e. The number of hydrogen-bond donors (Lipinski definition) is 1. The number of nitrogens with zero attached hydrogens (tertiary/aromatic N) is 2. The highest BCUT2D eigenvalue weighted by molar-refractivity contribution is 5.33. The van der Waals surface area contributed by atoms with Crippen LogP contribution >= 0.6 is 0 Å². The van der Waals surface area contributed by atoms with Crippen molar-refractivity contribution in [2.45, 2.75) is 64.0 Å². The molecule has 1 heterocycles. The van der Waals surface area contributed by atoms with Crippen LogP contribution in [-0.2, 0) is 6.54 Å². The monoisotopic (exact) mass is 365 g/mol. The van der Waals surface area contributed by atoms with Crippen LogP contribution in [0.1, 0.15) is 68.3 Å². The summed E-state index contributed by atoms with van der Waals surface area (Å²) in [6.07, 6.45) is 9.44. The van der Waals surface area contributed by atoms with E-state index >= 15 is 0 Å². The molecule has 2 aromatic rings. The number of rotatable bonds is 6. The van der Waals surface area contributed by atoms with E-state index in [0.717, 1.165) is 30.0 Å². The van der Waals surface area contributed by atoms with Gasteiger partial charge in [0.05, 0.1) is 7.11 Å². The molecule has 0 unspecified atom stereocenters. The first-order valence-electron chi connectivity index (χ1n) is 10.4.